The average molecular weight is 258 g/mol. The first-order chi connectivity index (χ1) is 9.08. The van der Waals surface area contributed by atoms with E-state index in [1.807, 2.05) is 13.0 Å². The van der Waals surface area contributed by atoms with Gasteiger partial charge in [0.15, 0.2) is 0 Å². The summed E-state index contributed by atoms with van der Waals surface area (Å²) in [4.78, 5) is 15.2. The SMILES string of the molecule is Cc1cncc(COc2cccc(N)c2C(=O)O)c1. The zero-order valence-corrected chi connectivity index (χ0v) is 10.5. The van der Waals surface area contributed by atoms with Gasteiger partial charge in [-0.2, -0.15) is 0 Å². The number of aromatic nitrogens is 1. The molecule has 1 heterocycles. The number of benzene rings is 1. The zero-order valence-electron chi connectivity index (χ0n) is 10.5. The fraction of sp³-hybridized carbons (Fsp3) is 0.143. The Morgan fingerprint density at radius 3 is 2.89 bits per heavy atom. The van der Waals surface area contributed by atoms with Gasteiger partial charge in [0.1, 0.15) is 17.9 Å². The molecule has 0 saturated heterocycles. The van der Waals surface area contributed by atoms with Crippen molar-refractivity contribution in [3.05, 3.63) is 53.3 Å². The Bertz CT molecular complexity index is 611. The molecule has 5 heteroatoms. The lowest BCUT2D eigenvalue weighted by molar-refractivity contribution is 0.0693. The van der Waals surface area contributed by atoms with E-state index >= 15 is 0 Å². The smallest absolute Gasteiger partial charge is 0.341 e. The summed E-state index contributed by atoms with van der Waals surface area (Å²) < 4.78 is 5.52. The maximum Gasteiger partial charge on any atom is 0.341 e. The standard InChI is InChI=1S/C14H14N2O3/c1-9-5-10(7-16-6-9)8-19-12-4-2-3-11(15)13(12)14(17)18/h2-7H,8,15H2,1H3,(H,17,18). The van der Waals surface area contributed by atoms with E-state index in [0.717, 1.165) is 11.1 Å². The Hall–Kier alpha value is -2.56. The summed E-state index contributed by atoms with van der Waals surface area (Å²) in [6.07, 6.45) is 3.42. The molecule has 1 aromatic heterocycles. The number of nitrogen functional groups attached to an aromatic ring is 1. The van der Waals surface area contributed by atoms with Crippen molar-refractivity contribution in [2.75, 3.05) is 5.73 Å². The molecule has 0 radical (unpaired) electrons. The van der Waals surface area contributed by atoms with E-state index in [2.05, 4.69) is 4.98 Å². The zero-order chi connectivity index (χ0) is 13.8. The van der Waals surface area contributed by atoms with Crippen molar-refractivity contribution in [2.45, 2.75) is 13.5 Å². The number of ether oxygens (including phenoxy) is 1. The van der Waals surface area contributed by atoms with E-state index in [4.69, 9.17) is 15.6 Å². The van der Waals surface area contributed by atoms with Crippen molar-refractivity contribution >= 4 is 11.7 Å². The monoisotopic (exact) mass is 258 g/mol. The molecule has 3 N–H and O–H groups in total. The summed E-state index contributed by atoms with van der Waals surface area (Å²) >= 11 is 0. The molecule has 0 aliphatic carbocycles. The third-order valence-electron chi connectivity index (χ3n) is 2.60. The van der Waals surface area contributed by atoms with Gasteiger partial charge in [0, 0.05) is 23.6 Å². The van der Waals surface area contributed by atoms with Gasteiger partial charge < -0.3 is 15.6 Å². The summed E-state index contributed by atoms with van der Waals surface area (Å²) in [6.45, 7) is 2.18. The number of anilines is 1. The van der Waals surface area contributed by atoms with Crippen molar-refractivity contribution in [2.24, 2.45) is 0 Å². The normalized spacial score (nSPS) is 10.2. The van der Waals surface area contributed by atoms with Gasteiger partial charge in [-0.05, 0) is 30.7 Å². The third kappa shape index (κ3) is 3.01. The maximum atomic E-state index is 11.1. The van der Waals surface area contributed by atoms with Crippen LogP contribution in [0.4, 0.5) is 5.69 Å². The molecule has 0 spiro atoms. The van der Waals surface area contributed by atoms with Gasteiger partial charge in [-0.1, -0.05) is 6.07 Å². The van der Waals surface area contributed by atoms with E-state index < -0.39 is 5.97 Å². The molecular weight excluding hydrogens is 244 g/mol. The van der Waals surface area contributed by atoms with Gasteiger partial charge >= 0.3 is 5.97 Å². The van der Waals surface area contributed by atoms with Crippen molar-refractivity contribution < 1.29 is 14.6 Å². The van der Waals surface area contributed by atoms with Crippen LogP contribution in [0.5, 0.6) is 5.75 Å². The molecule has 0 aliphatic heterocycles. The van der Waals surface area contributed by atoms with Crippen LogP contribution in [0.25, 0.3) is 0 Å². The van der Waals surface area contributed by atoms with Crippen LogP contribution in [0.3, 0.4) is 0 Å². The maximum absolute atomic E-state index is 11.1. The Morgan fingerprint density at radius 1 is 1.42 bits per heavy atom. The van der Waals surface area contributed by atoms with Crippen molar-refractivity contribution in [3.8, 4) is 5.75 Å². The molecule has 98 valence electrons. The third-order valence-corrected chi connectivity index (χ3v) is 2.60. The second kappa shape index (κ2) is 5.39. The van der Waals surface area contributed by atoms with E-state index in [9.17, 15) is 4.79 Å². The largest absolute Gasteiger partial charge is 0.488 e. The summed E-state index contributed by atoms with van der Waals surface area (Å²) in [6, 6.07) is 6.71. The highest BCUT2D eigenvalue weighted by atomic mass is 16.5. The highest BCUT2D eigenvalue weighted by Crippen LogP contribution is 2.25. The van der Waals surface area contributed by atoms with Crippen molar-refractivity contribution in [1.29, 1.82) is 0 Å². The fourth-order valence-electron chi connectivity index (χ4n) is 1.75. The molecule has 2 rings (SSSR count). The molecular formula is C14H14N2O3. The highest BCUT2D eigenvalue weighted by Gasteiger charge is 2.14. The first-order valence-electron chi connectivity index (χ1n) is 5.73. The minimum absolute atomic E-state index is 0.0110. The summed E-state index contributed by atoms with van der Waals surface area (Å²) in [5.74, 6) is -0.843. The van der Waals surface area contributed by atoms with Gasteiger partial charge in [-0.25, -0.2) is 4.79 Å². The number of nitrogens with zero attached hydrogens (tertiary/aromatic N) is 1. The van der Waals surface area contributed by atoms with Crippen LogP contribution < -0.4 is 10.5 Å². The molecule has 0 atom stereocenters. The summed E-state index contributed by atoms with van der Waals surface area (Å²) in [5.41, 5.74) is 7.71. The van der Waals surface area contributed by atoms with Gasteiger partial charge in [-0.3, -0.25) is 4.98 Å². The van der Waals surface area contributed by atoms with Crippen LogP contribution in [-0.4, -0.2) is 16.1 Å². The predicted octanol–water partition coefficient (Wildman–Crippen LogP) is 2.25. The number of hydrogen-bond donors (Lipinski definition) is 2. The molecule has 0 amide bonds. The molecule has 2 aromatic rings. The van der Waals surface area contributed by atoms with Gasteiger partial charge in [-0.15, -0.1) is 0 Å². The first kappa shape index (κ1) is 12.9. The van der Waals surface area contributed by atoms with Gasteiger partial charge in [0.2, 0.25) is 0 Å². The molecule has 5 nitrogen and oxygen atoms in total. The number of rotatable bonds is 4. The molecule has 19 heavy (non-hydrogen) atoms. The number of aromatic carboxylic acids is 1. The van der Waals surface area contributed by atoms with Crippen molar-refractivity contribution in [1.82, 2.24) is 4.98 Å². The number of carboxylic acids is 1. The van der Waals surface area contributed by atoms with E-state index in [-0.39, 0.29) is 23.6 Å². The van der Waals surface area contributed by atoms with Crippen LogP contribution in [0.15, 0.2) is 36.7 Å². The molecule has 0 bridgehead atoms. The lowest BCUT2D eigenvalue weighted by Gasteiger charge is -2.10. The lowest BCUT2D eigenvalue weighted by Crippen LogP contribution is -2.07. The minimum Gasteiger partial charge on any atom is -0.488 e. The first-order valence-corrected chi connectivity index (χ1v) is 5.73. The van der Waals surface area contributed by atoms with Crippen LogP contribution in [0.1, 0.15) is 21.5 Å². The molecule has 0 saturated carbocycles. The second-order valence-corrected chi connectivity index (χ2v) is 4.18. The van der Waals surface area contributed by atoms with Crippen LogP contribution >= 0.6 is 0 Å². The number of nitrogens with two attached hydrogens (primary N) is 1. The molecule has 1 aromatic carbocycles. The Balaban J connectivity index is 2.20. The van der Waals surface area contributed by atoms with Crippen molar-refractivity contribution in [3.63, 3.8) is 0 Å². The number of carbonyl (C=O) groups is 1. The topological polar surface area (TPSA) is 85.4 Å². The highest BCUT2D eigenvalue weighted by molar-refractivity contribution is 5.96. The fourth-order valence-corrected chi connectivity index (χ4v) is 1.75. The van der Waals surface area contributed by atoms with Gasteiger partial charge in [0.25, 0.3) is 0 Å². The summed E-state index contributed by atoms with van der Waals surface area (Å²) in [5, 5.41) is 9.12. The minimum atomic E-state index is -1.10. The van der Waals surface area contributed by atoms with Crippen LogP contribution in [-0.2, 0) is 6.61 Å². The predicted molar refractivity (Wildman–Crippen MR) is 71.1 cm³/mol. The Kier molecular flexibility index (Phi) is 3.66. The van der Waals surface area contributed by atoms with Crippen LogP contribution in [0, 0.1) is 6.92 Å². The number of pyridine rings is 1. The van der Waals surface area contributed by atoms with E-state index in [1.54, 1.807) is 24.5 Å². The lowest BCUT2D eigenvalue weighted by atomic mass is 10.1. The van der Waals surface area contributed by atoms with Gasteiger partial charge in [0.05, 0.1) is 0 Å². The number of carboxylic acid groups (broad SMARTS) is 1. The molecule has 0 unspecified atom stereocenters. The number of aryl methyl sites for hydroxylation is 1. The number of hydrogen-bond acceptors (Lipinski definition) is 4. The molecule has 0 aliphatic rings. The Labute approximate surface area is 110 Å². The Morgan fingerprint density at radius 2 is 2.21 bits per heavy atom. The quantitative estimate of drug-likeness (QED) is 0.821. The van der Waals surface area contributed by atoms with E-state index in [0.29, 0.717) is 0 Å². The summed E-state index contributed by atoms with van der Waals surface area (Å²) in [7, 11) is 0. The second-order valence-electron chi connectivity index (χ2n) is 4.18. The van der Waals surface area contributed by atoms with E-state index in [1.165, 1.54) is 6.07 Å². The average Bonchev–Trinajstić information content (AvgIpc) is 2.36. The molecule has 0 fully saturated rings. The van der Waals surface area contributed by atoms with Crippen LogP contribution in [0.2, 0.25) is 0 Å².